The standard InChI is InChI=1S/C39H32N3OPS/c1-40-32-21-19-28-25-31(18-17-29(28)26-32)39-42-36-22-20-30(27-37(36)45-39)38(43)41-23-24-44(33-11-5-2-6-12-33,34-13-7-3-8-14-34)35-15-9-4-10-16-35/h2-22,25-27H,23-24H2,1H3,(H-,40,41,42,43)/p+1. The van der Waals surface area contributed by atoms with Crippen molar-refractivity contribution in [2.45, 2.75) is 0 Å². The third-order valence-electron chi connectivity index (χ3n) is 8.35. The second kappa shape index (κ2) is 12.6. The van der Waals surface area contributed by atoms with E-state index < -0.39 is 7.26 Å². The molecule has 0 aliphatic rings. The predicted octanol–water partition coefficient (Wildman–Crippen LogP) is 7.88. The van der Waals surface area contributed by atoms with Crippen molar-refractivity contribution < 1.29 is 4.79 Å². The quantitative estimate of drug-likeness (QED) is 0.161. The number of benzene rings is 6. The maximum atomic E-state index is 13.5. The first kappa shape index (κ1) is 28.9. The van der Waals surface area contributed by atoms with Gasteiger partial charge in [-0.25, -0.2) is 4.98 Å². The first-order chi connectivity index (χ1) is 22.1. The van der Waals surface area contributed by atoms with Crippen LogP contribution >= 0.6 is 18.6 Å². The monoisotopic (exact) mass is 622 g/mol. The highest BCUT2D eigenvalue weighted by molar-refractivity contribution is 7.95. The van der Waals surface area contributed by atoms with E-state index in [0.29, 0.717) is 12.1 Å². The summed E-state index contributed by atoms with van der Waals surface area (Å²) in [4.78, 5) is 18.4. The van der Waals surface area contributed by atoms with Gasteiger partial charge in [-0.05, 0) is 83.6 Å². The zero-order valence-electron chi connectivity index (χ0n) is 25.0. The van der Waals surface area contributed by atoms with E-state index in [1.54, 1.807) is 11.3 Å². The Labute approximate surface area is 268 Å². The summed E-state index contributed by atoms with van der Waals surface area (Å²) < 4.78 is 1.00. The van der Waals surface area contributed by atoms with Crippen LogP contribution in [0.5, 0.6) is 0 Å². The number of carbonyl (C=O) groups excluding carboxylic acids is 1. The molecule has 0 saturated carbocycles. The molecule has 0 saturated heterocycles. The van der Waals surface area contributed by atoms with Gasteiger partial charge in [0, 0.05) is 23.9 Å². The van der Waals surface area contributed by atoms with Crippen LogP contribution in [0.3, 0.4) is 0 Å². The molecule has 45 heavy (non-hydrogen) atoms. The molecular formula is C39H33N3OPS+. The van der Waals surface area contributed by atoms with Crippen LogP contribution in [-0.2, 0) is 0 Å². The Bertz CT molecular complexity index is 2000. The molecule has 4 nitrogen and oxygen atoms in total. The van der Waals surface area contributed by atoms with Crippen LogP contribution in [0.25, 0.3) is 31.6 Å². The van der Waals surface area contributed by atoms with Crippen molar-refractivity contribution in [2.24, 2.45) is 0 Å². The number of carbonyl (C=O) groups is 1. The molecular weight excluding hydrogens is 589 g/mol. The highest BCUT2D eigenvalue weighted by atomic mass is 32.1. The number of thiazole rings is 1. The molecule has 0 atom stereocenters. The van der Waals surface area contributed by atoms with Crippen LogP contribution in [0.4, 0.5) is 5.69 Å². The van der Waals surface area contributed by atoms with Crippen LogP contribution in [0, 0.1) is 0 Å². The summed E-state index contributed by atoms with van der Waals surface area (Å²) in [5.41, 5.74) is 3.72. The molecule has 0 aliphatic heterocycles. The fourth-order valence-electron chi connectivity index (χ4n) is 6.04. The predicted molar refractivity (Wildman–Crippen MR) is 194 cm³/mol. The van der Waals surface area contributed by atoms with Gasteiger partial charge in [0.15, 0.2) is 0 Å². The Morgan fingerprint density at radius 2 is 1.29 bits per heavy atom. The largest absolute Gasteiger partial charge is 0.388 e. The van der Waals surface area contributed by atoms with E-state index >= 15 is 0 Å². The molecule has 0 radical (unpaired) electrons. The van der Waals surface area contributed by atoms with Crippen LogP contribution in [0.15, 0.2) is 146 Å². The molecule has 7 rings (SSSR count). The van der Waals surface area contributed by atoms with Crippen molar-refractivity contribution >= 4 is 67.1 Å². The zero-order valence-corrected chi connectivity index (χ0v) is 26.7. The highest BCUT2D eigenvalue weighted by Gasteiger charge is 2.44. The van der Waals surface area contributed by atoms with Crippen LogP contribution in [0.2, 0.25) is 0 Å². The summed E-state index contributed by atoms with van der Waals surface area (Å²) in [6, 6.07) is 50.9. The topological polar surface area (TPSA) is 54.0 Å². The minimum atomic E-state index is -2.02. The summed E-state index contributed by atoms with van der Waals surface area (Å²) in [5, 5.41) is 13.7. The van der Waals surface area contributed by atoms with Crippen LogP contribution < -0.4 is 26.5 Å². The maximum Gasteiger partial charge on any atom is 0.251 e. The van der Waals surface area contributed by atoms with E-state index in [1.165, 1.54) is 26.7 Å². The average Bonchev–Trinajstić information content (AvgIpc) is 3.54. The molecule has 1 heterocycles. The van der Waals surface area contributed by atoms with E-state index in [9.17, 15) is 4.79 Å². The van der Waals surface area contributed by atoms with Gasteiger partial charge in [-0.15, -0.1) is 11.3 Å². The molecule has 6 aromatic carbocycles. The van der Waals surface area contributed by atoms with Gasteiger partial charge in [0.25, 0.3) is 5.91 Å². The molecule has 2 N–H and O–H groups in total. The van der Waals surface area contributed by atoms with Gasteiger partial charge in [0.1, 0.15) is 28.2 Å². The van der Waals surface area contributed by atoms with Gasteiger partial charge in [-0.1, -0.05) is 72.8 Å². The van der Waals surface area contributed by atoms with Gasteiger partial charge in [0.2, 0.25) is 0 Å². The molecule has 220 valence electrons. The molecule has 6 heteroatoms. The molecule has 0 fully saturated rings. The third kappa shape index (κ3) is 5.73. The van der Waals surface area contributed by atoms with Crippen molar-refractivity contribution in [1.82, 2.24) is 10.3 Å². The highest BCUT2D eigenvalue weighted by Crippen LogP contribution is 2.54. The first-order valence-electron chi connectivity index (χ1n) is 15.1. The second-order valence-corrected chi connectivity index (χ2v) is 15.7. The third-order valence-corrected chi connectivity index (χ3v) is 13.9. The zero-order chi connectivity index (χ0) is 30.6. The minimum absolute atomic E-state index is 0.0647. The number of aromatic nitrogens is 1. The van der Waals surface area contributed by atoms with Gasteiger partial charge in [-0.3, -0.25) is 4.79 Å². The number of amides is 1. The van der Waals surface area contributed by atoms with Crippen LogP contribution in [-0.4, -0.2) is 30.6 Å². The summed E-state index contributed by atoms with van der Waals surface area (Å²) in [5.74, 6) is -0.0647. The Kier molecular flexibility index (Phi) is 8.13. The smallest absolute Gasteiger partial charge is 0.251 e. The molecule has 1 aromatic heterocycles. The average molecular weight is 623 g/mol. The lowest BCUT2D eigenvalue weighted by Crippen LogP contribution is -2.37. The van der Waals surface area contributed by atoms with Crippen molar-refractivity contribution in [3.8, 4) is 10.6 Å². The fraction of sp³-hybridized carbons (Fsp3) is 0.0769. The lowest BCUT2D eigenvalue weighted by atomic mass is 10.1. The Morgan fingerprint density at radius 3 is 1.91 bits per heavy atom. The molecule has 0 aliphatic carbocycles. The van der Waals surface area contributed by atoms with E-state index in [0.717, 1.165) is 32.6 Å². The SMILES string of the molecule is CNc1ccc2cc(-c3nc4ccc(C(=O)NCC[P+](c5ccccc5)(c5ccccc5)c5ccccc5)cc4s3)ccc2c1. The maximum absolute atomic E-state index is 13.5. The van der Waals surface area contributed by atoms with Gasteiger partial charge >= 0.3 is 0 Å². The number of hydrogen-bond acceptors (Lipinski definition) is 4. The molecule has 1 amide bonds. The van der Waals surface area contributed by atoms with E-state index in [1.807, 2.05) is 25.2 Å². The van der Waals surface area contributed by atoms with Gasteiger partial charge < -0.3 is 10.6 Å². The van der Waals surface area contributed by atoms with Crippen LogP contribution in [0.1, 0.15) is 10.4 Å². The summed E-state index contributed by atoms with van der Waals surface area (Å²) in [6.45, 7) is 0.559. The Morgan fingerprint density at radius 1 is 0.689 bits per heavy atom. The molecule has 0 spiro atoms. The van der Waals surface area contributed by atoms with E-state index in [-0.39, 0.29) is 5.91 Å². The summed E-state index contributed by atoms with van der Waals surface area (Å²) >= 11 is 1.62. The number of nitrogens with one attached hydrogen (secondary N) is 2. The lowest BCUT2D eigenvalue weighted by Gasteiger charge is -2.27. The fourth-order valence-corrected chi connectivity index (χ4v) is 11.2. The van der Waals surface area contributed by atoms with E-state index in [2.05, 4.69) is 138 Å². The number of nitrogens with zero attached hydrogens (tertiary/aromatic N) is 1. The van der Waals surface area contributed by atoms with Crippen molar-refractivity contribution in [2.75, 3.05) is 25.1 Å². The molecule has 0 unspecified atom stereocenters. The number of hydrogen-bond donors (Lipinski definition) is 2. The molecule has 0 bridgehead atoms. The Balaban J connectivity index is 1.14. The van der Waals surface area contributed by atoms with Crippen molar-refractivity contribution in [3.63, 3.8) is 0 Å². The van der Waals surface area contributed by atoms with Gasteiger partial charge in [-0.2, -0.15) is 0 Å². The number of rotatable bonds is 9. The summed E-state index contributed by atoms with van der Waals surface area (Å²) in [7, 11) is -0.0891. The first-order valence-corrected chi connectivity index (χ1v) is 17.9. The lowest BCUT2D eigenvalue weighted by molar-refractivity contribution is 0.0956. The normalized spacial score (nSPS) is 11.5. The minimum Gasteiger partial charge on any atom is -0.388 e. The second-order valence-electron chi connectivity index (χ2n) is 11.0. The molecule has 7 aromatic rings. The Hall–Kier alpha value is -4.83. The summed E-state index contributed by atoms with van der Waals surface area (Å²) in [6.07, 6.45) is 0.821. The van der Waals surface area contributed by atoms with E-state index in [4.69, 9.17) is 4.98 Å². The number of fused-ring (bicyclic) bond motifs is 2. The van der Waals surface area contributed by atoms with Crippen molar-refractivity contribution in [3.05, 3.63) is 151 Å². The number of anilines is 1. The van der Waals surface area contributed by atoms with Crippen molar-refractivity contribution in [1.29, 1.82) is 0 Å². The van der Waals surface area contributed by atoms with Gasteiger partial charge in [0.05, 0.1) is 22.9 Å².